The molecule has 0 bridgehead atoms. The zero-order valence-electron chi connectivity index (χ0n) is 12.4. The van der Waals surface area contributed by atoms with Crippen molar-refractivity contribution in [3.63, 3.8) is 0 Å². The molecule has 2 saturated carbocycles. The monoisotopic (exact) mass is 269 g/mol. The molecule has 2 aliphatic carbocycles. The smallest absolute Gasteiger partial charge is 0.328 e. The summed E-state index contributed by atoms with van der Waals surface area (Å²) >= 11 is 0. The fourth-order valence-corrected chi connectivity index (χ4v) is 3.13. The first-order chi connectivity index (χ1) is 9.12. The molecule has 110 valence electrons. The summed E-state index contributed by atoms with van der Waals surface area (Å²) in [6, 6.07) is 0. The van der Waals surface area contributed by atoms with Gasteiger partial charge in [-0.2, -0.15) is 0 Å². The molecule has 4 heteroatoms. The van der Waals surface area contributed by atoms with Gasteiger partial charge in [-0.1, -0.05) is 6.92 Å². The third kappa shape index (κ3) is 3.29. The second-order valence-electron chi connectivity index (χ2n) is 6.18. The van der Waals surface area contributed by atoms with E-state index >= 15 is 0 Å². The summed E-state index contributed by atoms with van der Waals surface area (Å²) < 4.78 is 11.0. The molecular formula is C15H27NO3. The third-order valence-electron chi connectivity index (χ3n) is 4.78. The van der Waals surface area contributed by atoms with E-state index in [4.69, 9.17) is 9.47 Å². The number of hydrogen-bond acceptors (Lipinski definition) is 4. The Balaban J connectivity index is 1.91. The normalized spacial score (nSPS) is 30.7. The number of likely N-dealkylation sites (N-methyl/N-ethyl adjacent to an activating group) is 1. The van der Waals surface area contributed by atoms with Crippen LogP contribution in [0.4, 0.5) is 0 Å². The molecule has 0 amide bonds. The molecular weight excluding hydrogens is 242 g/mol. The molecule has 2 aliphatic rings. The van der Waals surface area contributed by atoms with Crippen molar-refractivity contribution in [3.05, 3.63) is 0 Å². The van der Waals surface area contributed by atoms with E-state index in [1.165, 1.54) is 20.0 Å². The van der Waals surface area contributed by atoms with Crippen LogP contribution >= 0.6 is 0 Å². The maximum Gasteiger partial charge on any atom is 0.328 e. The number of carbonyl (C=O) groups excluding carboxylic acids is 1. The molecule has 0 aromatic rings. The molecule has 1 atom stereocenters. The van der Waals surface area contributed by atoms with Crippen LogP contribution in [0, 0.1) is 11.8 Å². The minimum absolute atomic E-state index is 0.179. The highest BCUT2D eigenvalue weighted by Gasteiger charge is 2.51. The van der Waals surface area contributed by atoms with Gasteiger partial charge in [-0.25, -0.2) is 4.79 Å². The van der Waals surface area contributed by atoms with Crippen LogP contribution in [0.1, 0.15) is 45.4 Å². The molecule has 1 unspecified atom stereocenters. The quantitative estimate of drug-likeness (QED) is 0.750. The lowest BCUT2D eigenvalue weighted by Gasteiger charge is -2.34. The van der Waals surface area contributed by atoms with Gasteiger partial charge in [0.2, 0.25) is 0 Å². The molecule has 0 spiro atoms. The van der Waals surface area contributed by atoms with Gasteiger partial charge in [0.25, 0.3) is 0 Å². The van der Waals surface area contributed by atoms with Gasteiger partial charge < -0.3 is 14.8 Å². The molecule has 0 radical (unpaired) electrons. The van der Waals surface area contributed by atoms with Crippen molar-refractivity contribution in [2.75, 3.05) is 20.8 Å². The highest BCUT2D eigenvalue weighted by Crippen LogP contribution is 2.41. The second-order valence-corrected chi connectivity index (χ2v) is 6.18. The maximum atomic E-state index is 12.1. The van der Waals surface area contributed by atoms with E-state index in [9.17, 15) is 4.79 Å². The van der Waals surface area contributed by atoms with E-state index in [1.54, 1.807) is 0 Å². The summed E-state index contributed by atoms with van der Waals surface area (Å²) in [7, 11) is 3.29. The van der Waals surface area contributed by atoms with E-state index in [0.717, 1.165) is 31.6 Å². The number of carbonyl (C=O) groups is 1. The van der Waals surface area contributed by atoms with Crippen LogP contribution < -0.4 is 5.32 Å². The lowest BCUT2D eigenvalue weighted by Crippen LogP contribution is -2.57. The van der Waals surface area contributed by atoms with Crippen LogP contribution in [0.15, 0.2) is 0 Å². The van der Waals surface area contributed by atoms with Crippen molar-refractivity contribution in [1.29, 1.82) is 0 Å². The molecule has 0 aliphatic heterocycles. The highest BCUT2D eigenvalue weighted by atomic mass is 16.5. The molecule has 0 aromatic heterocycles. The van der Waals surface area contributed by atoms with Crippen molar-refractivity contribution in [1.82, 2.24) is 5.32 Å². The average Bonchev–Trinajstić information content (AvgIpc) is 3.26. The van der Waals surface area contributed by atoms with Gasteiger partial charge in [0.15, 0.2) is 0 Å². The summed E-state index contributed by atoms with van der Waals surface area (Å²) in [4.78, 5) is 12.1. The zero-order valence-corrected chi connectivity index (χ0v) is 12.4. The second kappa shape index (κ2) is 6.23. The molecule has 2 fully saturated rings. The first-order valence-electron chi connectivity index (χ1n) is 7.51. The summed E-state index contributed by atoms with van der Waals surface area (Å²) in [5, 5.41) is 3.18. The van der Waals surface area contributed by atoms with Crippen molar-refractivity contribution in [3.8, 4) is 0 Å². The SMILES string of the molecule is CNC(COC1CCC(C)CC1)(C(=O)OC)C1CC1. The topological polar surface area (TPSA) is 47.6 Å². The number of ether oxygens (including phenoxy) is 2. The predicted octanol–water partition coefficient (Wildman–Crippen LogP) is 2.12. The van der Waals surface area contributed by atoms with Crippen molar-refractivity contribution < 1.29 is 14.3 Å². The largest absolute Gasteiger partial charge is 0.468 e. The van der Waals surface area contributed by atoms with E-state index < -0.39 is 5.54 Å². The van der Waals surface area contributed by atoms with E-state index in [0.29, 0.717) is 18.6 Å². The number of rotatable bonds is 6. The van der Waals surface area contributed by atoms with Gasteiger partial charge in [-0.3, -0.25) is 0 Å². The van der Waals surface area contributed by atoms with Crippen LogP contribution in [0.25, 0.3) is 0 Å². The van der Waals surface area contributed by atoms with E-state index in [1.807, 2.05) is 7.05 Å². The van der Waals surface area contributed by atoms with Crippen LogP contribution in [0.3, 0.4) is 0 Å². The number of hydrogen-bond donors (Lipinski definition) is 1. The lowest BCUT2D eigenvalue weighted by molar-refractivity contribution is -0.154. The number of esters is 1. The highest BCUT2D eigenvalue weighted by molar-refractivity contribution is 5.82. The van der Waals surface area contributed by atoms with Gasteiger partial charge in [-0.15, -0.1) is 0 Å². The Morgan fingerprint density at radius 3 is 2.32 bits per heavy atom. The average molecular weight is 269 g/mol. The van der Waals surface area contributed by atoms with Crippen LogP contribution in [-0.2, 0) is 14.3 Å². The molecule has 1 N–H and O–H groups in total. The summed E-state index contributed by atoms with van der Waals surface area (Å²) in [5.41, 5.74) is -0.627. The van der Waals surface area contributed by atoms with Gasteiger partial charge in [-0.05, 0) is 57.4 Å². The Labute approximate surface area is 116 Å². The Hall–Kier alpha value is -0.610. The van der Waals surface area contributed by atoms with Crippen molar-refractivity contribution in [2.24, 2.45) is 11.8 Å². The predicted molar refractivity (Wildman–Crippen MR) is 73.9 cm³/mol. The first kappa shape index (κ1) is 14.8. The van der Waals surface area contributed by atoms with Crippen LogP contribution in [0.2, 0.25) is 0 Å². The minimum Gasteiger partial charge on any atom is -0.468 e. The third-order valence-corrected chi connectivity index (χ3v) is 4.78. The number of methoxy groups -OCH3 is 1. The van der Waals surface area contributed by atoms with Crippen LogP contribution in [-0.4, -0.2) is 38.4 Å². The molecule has 2 rings (SSSR count). The minimum atomic E-state index is -0.627. The lowest BCUT2D eigenvalue weighted by atomic mass is 9.88. The molecule has 0 saturated heterocycles. The fraction of sp³-hybridized carbons (Fsp3) is 0.933. The standard InChI is InChI=1S/C15H27NO3/c1-11-4-8-13(9-5-11)19-10-15(16-2,12-6-7-12)14(17)18-3/h11-13,16H,4-10H2,1-3H3. The fourth-order valence-electron chi connectivity index (χ4n) is 3.13. The van der Waals surface area contributed by atoms with Gasteiger partial charge in [0, 0.05) is 0 Å². The summed E-state index contributed by atoms with van der Waals surface area (Å²) in [5.74, 6) is 1.01. The Bertz CT molecular complexity index is 309. The van der Waals surface area contributed by atoms with E-state index in [2.05, 4.69) is 12.2 Å². The molecule has 0 aromatic carbocycles. The summed E-state index contributed by atoms with van der Waals surface area (Å²) in [6.45, 7) is 2.74. The summed E-state index contributed by atoms with van der Waals surface area (Å²) in [6.07, 6.45) is 7.19. The molecule has 0 heterocycles. The first-order valence-corrected chi connectivity index (χ1v) is 7.51. The van der Waals surface area contributed by atoms with Crippen molar-refractivity contribution >= 4 is 5.97 Å². The Morgan fingerprint density at radius 1 is 1.21 bits per heavy atom. The Morgan fingerprint density at radius 2 is 1.84 bits per heavy atom. The molecule has 4 nitrogen and oxygen atoms in total. The number of nitrogens with one attached hydrogen (secondary N) is 1. The Kier molecular flexibility index (Phi) is 4.85. The van der Waals surface area contributed by atoms with Crippen LogP contribution in [0.5, 0.6) is 0 Å². The maximum absolute atomic E-state index is 12.1. The van der Waals surface area contributed by atoms with E-state index in [-0.39, 0.29) is 5.97 Å². The van der Waals surface area contributed by atoms with Crippen molar-refractivity contribution in [2.45, 2.75) is 57.1 Å². The zero-order chi connectivity index (χ0) is 13.9. The molecule has 19 heavy (non-hydrogen) atoms. The van der Waals surface area contributed by atoms with Gasteiger partial charge in [0.05, 0.1) is 19.8 Å². The van der Waals surface area contributed by atoms with Gasteiger partial charge >= 0.3 is 5.97 Å². The van der Waals surface area contributed by atoms with Gasteiger partial charge in [0.1, 0.15) is 5.54 Å².